The van der Waals surface area contributed by atoms with Gasteiger partial charge < -0.3 is 10.2 Å². The molecule has 1 fully saturated rings. The van der Waals surface area contributed by atoms with Gasteiger partial charge in [-0.25, -0.2) is 0 Å². The average Bonchev–Trinajstić information content (AvgIpc) is 3.11. The van der Waals surface area contributed by atoms with E-state index in [1.54, 1.807) is 12.1 Å². The van der Waals surface area contributed by atoms with Crippen molar-refractivity contribution >= 4 is 11.8 Å². The third-order valence-electron chi connectivity index (χ3n) is 4.19. The predicted molar refractivity (Wildman–Crippen MR) is 88.9 cm³/mol. The maximum absolute atomic E-state index is 12.5. The lowest BCUT2D eigenvalue weighted by Gasteiger charge is -2.25. The van der Waals surface area contributed by atoms with Crippen LogP contribution in [0.5, 0.6) is 0 Å². The molecule has 1 atom stereocenters. The first-order valence-electron chi connectivity index (χ1n) is 7.93. The Bertz CT molecular complexity index is 670. The third kappa shape index (κ3) is 3.59. The molecular weight excluding hydrogens is 288 g/mol. The van der Waals surface area contributed by atoms with Crippen molar-refractivity contribution in [2.75, 3.05) is 13.1 Å². The summed E-state index contributed by atoms with van der Waals surface area (Å²) in [7, 11) is 0. The molecule has 1 unspecified atom stereocenters. The predicted octanol–water partition coefficient (Wildman–Crippen LogP) is 2.78. The number of benzene rings is 2. The van der Waals surface area contributed by atoms with Crippen molar-refractivity contribution in [2.45, 2.75) is 18.9 Å². The van der Waals surface area contributed by atoms with E-state index in [0.29, 0.717) is 5.56 Å². The lowest BCUT2D eigenvalue weighted by atomic mass is 10.0. The maximum atomic E-state index is 12.5. The molecule has 23 heavy (non-hydrogen) atoms. The number of hydrogen-bond acceptors (Lipinski definition) is 2. The zero-order chi connectivity index (χ0) is 16.1. The molecule has 2 aromatic rings. The molecule has 2 aromatic carbocycles. The number of amides is 2. The summed E-state index contributed by atoms with van der Waals surface area (Å²) < 4.78 is 0. The molecule has 0 saturated carbocycles. The minimum absolute atomic E-state index is 0.0272. The van der Waals surface area contributed by atoms with Crippen LogP contribution in [0.4, 0.5) is 0 Å². The lowest BCUT2D eigenvalue weighted by Crippen LogP contribution is -2.39. The molecule has 4 nitrogen and oxygen atoms in total. The highest BCUT2D eigenvalue weighted by molar-refractivity contribution is 5.96. The molecule has 1 saturated heterocycles. The SMILES string of the molecule is O=C(NCC(=O)N1CCCC1c1ccccc1)c1ccccc1. The van der Waals surface area contributed by atoms with Crippen molar-refractivity contribution in [3.05, 3.63) is 71.8 Å². The molecule has 118 valence electrons. The first-order valence-corrected chi connectivity index (χ1v) is 7.93. The Morgan fingerprint density at radius 3 is 2.35 bits per heavy atom. The summed E-state index contributed by atoms with van der Waals surface area (Å²) in [6, 6.07) is 19.1. The standard InChI is InChI=1S/C19H20N2O2/c22-18(14-20-19(23)16-10-5-2-6-11-16)21-13-7-12-17(21)15-8-3-1-4-9-15/h1-6,8-11,17H,7,12-14H2,(H,20,23). The number of hydrogen-bond donors (Lipinski definition) is 1. The highest BCUT2D eigenvalue weighted by Crippen LogP contribution is 2.31. The Kier molecular flexibility index (Phi) is 4.71. The summed E-state index contributed by atoms with van der Waals surface area (Å²) in [5.41, 5.74) is 1.73. The van der Waals surface area contributed by atoms with E-state index in [1.807, 2.05) is 41.3 Å². The molecule has 1 aliphatic heterocycles. The molecule has 0 radical (unpaired) electrons. The molecule has 0 aliphatic carbocycles. The fourth-order valence-electron chi connectivity index (χ4n) is 3.04. The Labute approximate surface area is 136 Å². The molecule has 1 heterocycles. The summed E-state index contributed by atoms with van der Waals surface area (Å²) in [4.78, 5) is 26.4. The Morgan fingerprint density at radius 2 is 1.65 bits per heavy atom. The molecule has 0 aromatic heterocycles. The smallest absolute Gasteiger partial charge is 0.251 e. The number of nitrogens with zero attached hydrogens (tertiary/aromatic N) is 1. The van der Waals surface area contributed by atoms with Gasteiger partial charge >= 0.3 is 0 Å². The second-order valence-electron chi connectivity index (χ2n) is 5.70. The van der Waals surface area contributed by atoms with E-state index in [4.69, 9.17) is 0 Å². The summed E-state index contributed by atoms with van der Waals surface area (Å²) in [5, 5.41) is 2.72. The fraction of sp³-hybridized carbons (Fsp3) is 0.263. The summed E-state index contributed by atoms with van der Waals surface area (Å²) in [6.45, 7) is 0.788. The molecular formula is C19H20N2O2. The Hall–Kier alpha value is -2.62. The van der Waals surface area contributed by atoms with Gasteiger partial charge in [-0.1, -0.05) is 48.5 Å². The molecule has 4 heteroatoms. The normalized spacial score (nSPS) is 17.0. The topological polar surface area (TPSA) is 49.4 Å². The third-order valence-corrected chi connectivity index (χ3v) is 4.19. The van der Waals surface area contributed by atoms with Crippen LogP contribution in [0.1, 0.15) is 34.8 Å². The van der Waals surface area contributed by atoms with Crippen LogP contribution in [-0.4, -0.2) is 29.8 Å². The van der Waals surface area contributed by atoms with Crippen LogP contribution in [0.2, 0.25) is 0 Å². The quantitative estimate of drug-likeness (QED) is 0.944. The van der Waals surface area contributed by atoms with Gasteiger partial charge in [0.15, 0.2) is 0 Å². The van der Waals surface area contributed by atoms with Gasteiger partial charge in [0.05, 0.1) is 12.6 Å². The Morgan fingerprint density at radius 1 is 1.00 bits per heavy atom. The van der Waals surface area contributed by atoms with Gasteiger partial charge in [-0.05, 0) is 30.5 Å². The van der Waals surface area contributed by atoms with Crippen LogP contribution in [0.15, 0.2) is 60.7 Å². The van der Waals surface area contributed by atoms with E-state index in [2.05, 4.69) is 17.4 Å². The molecule has 2 amide bonds. The average molecular weight is 308 g/mol. The van der Waals surface area contributed by atoms with Crippen LogP contribution in [-0.2, 0) is 4.79 Å². The summed E-state index contributed by atoms with van der Waals surface area (Å²) >= 11 is 0. The highest BCUT2D eigenvalue weighted by Gasteiger charge is 2.29. The van der Waals surface area contributed by atoms with Crippen LogP contribution in [0, 0.1) is 0 Å². The van der Waals surface area contributed by atoms with Crippen LogP contribution in [0.25, 0.3) is 0 Å². The van der Waals surface area contributed by atoms with Gasteiger partial charge in [0.2, 0.25) is 5.91 Å². The summed E-state index contributed by atoms with van der Waals surface area (Å²) in [6.07, 6.45) is 1.97. The van der Waals surface area contributed by atoms with E-state index in [-0.39, 0.29) is 24.4 Å². The number of likely N-dealkylation sites (tertiary alicyclic amines) is 1. The number of rotatable bonds is 4. The largest absolute Gasteiger partial charge is 0.343 e. The second-order valence-corrected chi connectivity index (χ2v) is 5.70. The highest BCUT2D eigenvalue weighted by atomic mass is 16.2. The maximum Gasteiger partial charge on any atom is 0.251 e. The van der Waals surface area contributed by atoms with Crippen molar-refractivity contribution in [1.82, 2.24) is 10.2 Å². The number of carbonyl (C=O) groups is 2. The van der Waals surface area contributed by atoms with E-state index in [1.165, 1.54) is 0 Å². The zero-order valence-corrected chi connectivity index (χ0v) is 12.9. The zero-order valence-electron chi connectivity index (χ0n) is 12.9. The van der Waals surface area contributed by atoms with E-state index in [9.17, 15) is 9.59 Å². The van der Waals surface area contributed by atoms with E-state index >= 15 is 0 Å². The van der Waals surface area contributed by atoms with Crippen molar-refractivity contribution in [2.24, 2.45) is 0 Å². The number of carbonyl (C=O) groups excluding carboxylic acids is 2. The summed E-state index contributed by atoms with van der Waals surface area (Å²) in [5.74, 6) is -0.241. The van der Waals surface area contributed by atoms with Crippen LogP contribution in [0.3, 0.4) is 0 Å². The molecule has 0 bridgehead atoms. The van der Waals surface area contributed by atoms with E-state index < -0.39 is 0 Å². The van der Waals surface area contributed by atoms with Gasteiger partial charge in [-0.2, -0.15) is 0 Å². The van der Waals surface area contributed by atoms with Crippen molar-refractivity contribution in [3.8, 4) is 0 Å². The Balaban J connectivity index is 1.60. The van der Waals surface area contributed by atoms with Crippen molar-refractivity contribution < 1.29 is 9.59 Å². The van der Waals surface area contributed by atoms with Gasteiger partial charge in [-0.15, -0.1) is 0 Å². The van der Waals surface area contributed by atoms with Gasteiger partial charge in [0.25, 0.3) is 5.91 Å². The minimum atomic E-state index is -0.214. The van der Waals surface area contributed by atoms with Gasteiger partial charge in [-0.3, -0.25) is 9.59 Å². The van der Waals surface area contributed by atoms with Crippen LogP contribution < -0.4 is 5.32 Å². The van der Waals surface area contributed by atoms with Crippen molar-refractivity contribution in [3.63, 3.8) is 0 Å². The second kappa shape index (κ2) is 7.09. The number of nitrogens with one attached hydrogen (secondary N) is 1. The lowest BCUT2D eigenvalue weighted by molar-refractivity contribution is -0.131. The monoisotopic (exact) mass is 308 g/mol. The molecule has 3 rings (SSSR count). The van der Waals surface area contributed by atoms with Crippen molar-refractivity contribution in [1.29, 1.82) is 0 Å². The first kappa shape index (κ1) is 15.3. The van der Waals surface area contributed by atoms with Gasteiger partial charge in [0, 0.05) is 12.1 Å². The molecule has 1 aliphatic rings. The molecule has 1 N–H and O–H groups in total. The fourth-order valence-corrected chi connectivity index (χ4v) is 3.04. The molecule has 0 spiro atoms. The first-order chi connectivity index (χ1) is 11.3. The van der Waals surface area contributed by atoms with Crippen LogP contribution >= 0.6 is 0 Å². The minimum Gasteiger partial charge on any atom is -0.343 e. The van der Waals surface area contributed by atoms with E-state index in [0.717, 1.165) is 24.9 Å². The van der Waals surface area contributed by atoms with Gasteiger partial charge in [0.1, 0.15) is 0 Å².